The maximum Gasteiger partial charge on any atom is 0.248 e. The average molecular weight is 355 g/mol. The van der Waals surface area contributed by atoms with E-state index in [4.69, 9.17) is 4.52 Å². The first-order valence-corrected chi connectivity index (χ1v) is 9.87. The normalized spacial score (nSPS) is 26.0. The largest absolute Gasteiger partial charge is 0.360 e. The van der Waals surface area contributed by atoms with Crippen LogP contribution in [0, 0.1) is 19.3 Å². The molecule has 1 aromatic heterocycles. The number of aromatic nitrogens is 1. The number of likely N-dealkylation sites (tertiary alicyclic amines) is 1. The zero-order valence-corrected chi connectivity index (χ0v) is 15.5. The fraction of sp³-hybridized carbons (Fsp3) is 0.750. The first-order chi connectivity index (χ1) is 11.2. The van der Waals surface area contributed by atoms with E-state index in [2.05, 4.69) is 5.16 Å². The van der Waals surface area contributed by atoms with Gasteiger partial charge in [-0.05, 0) is 47.0 Å². The molecule has 1 amide bonds. The second kappa shape index (κ2) is 5.84. The van der Waals surface area contributed by atoms with Gasteiger partial charge in [0.2, 0.25) is 15.9 Å². The summed E-state index contributed by atoms with van der Waals surface area (Å²) in [5, 5.41) is 3.75. The van der Waals surface area contributed by atoms with Crippen molar-refractivity contribution in [3.63, 3.8) is 0 Å². The second-order valence-electron chi connectivity index (χ2n) is 7.22. The van der Waals surface area contributed by atoms with Gasteiger partial charge in [0.1, 0.15) is 10.6 Å². The molecule has 24 heavy (non-hydrogen) atoms. The topological polar surface area (TPSA) is 83.7 Å². The van der Waals surface area contributed by atoms with Crippen molar-refractivity contribution in [3.05, 3.63) is 11.5 Å². The Morgan fingerprint density at radius 1 is 1.21 bits per heavy atom. The number of piperidine rings is 1. The van der Waals surface area contributed by atoms with Gasteiger partial charge in [0.25, 0.3) is 0 Å². The molecule has 0 N–H and O–H groups in total. The van der Waals surface area contributed by atoms with Crippen molar-refractivity contribution in [3.8, 4) is 0 Å². The fourth-order valence-electron chi connectivity index (χ4n) is 3.98. The number of hydrogen-bond acceptors (Lipinski definition) is 5. The Morgan fingerprint density at radius 2 is 1.92 bits per heavy atom. The van der Waals surface area contributed by atoms with Gasteiger partial charge in [0.05, 0.1) is 5.41 Å². The summed E-state index contributed by atoms with van der Waals surface area (Å²) in [6.45, 7) is 8.61. The molecule has 7 nitrogen and oxygen atoms in total. The lowest BCUT2D eigenvalue weighted by molar-refractivity contribution is -0.147. The van der Waals surface area contributed by atoms with E-state index in [1.807, 2.05) is 18.7 Å². The molecule has 1 aromatic rings. The minimum atomic E-state index is -3.69. The van der Waals surface area contributed by atoms with E-state index < -0.39 is 15.4 Å². The average Bonchev–Trinajstić information content (AvgIpc) is 3.07. The highest BCUT2D eigenvalue weighted by atomic mass is 32.2. The van der Waals surface area contributed by atoms with Crippen molar-refractivity contribution in [2.45, 2.75) is 57.9 Å². The predicted octanol–water partition coefficient (Wildman–Crippen LogP) is 1.70. The molecule has 0 aliphatic carbocycles. The van der Waals surface area contributed by atoms with E-state index in [0.29, 0.717) is 24.4 Å². The van der Waals surface area contributed by atoms with Crippen LogP contribution in [0.2, 0.25) is 0 Å². The molecule has 2 fully saturated rings. The number of nitrogens with zero attached hydrogens (tertiary/aromatic N) is 3. The summed E-state index contributed by atoms with van der Waals surface area (Å²) >= 11 is 0. The number of aryl methyl sites for hydroxylation is 2. The van der Waals surface area contributed by atoms with E-state index in [9.17, 15) is 13.2 Å². The molecule has 3 heterocycles. The second-order valence-corrected chi connectivity index (χ2v) is 9.09. The smallest absolute Gasteiger partial charge is 0.248 e. The van der Waals surface area contributed by atoms with Crippen LogP contribution in [0.25, 0.3) is 0 Å². The van der Waals surface area contributed by atoms with Crippen LogP contribution in [-0.2, 0) is 14.8 Å². The monoisotopic (exact) mass is 355 g/mol. The standard InChI is InChI=1S/C16H25N3O4S/c1-11(2)19-8-5-6-16(15(19)20)7-9-18(10-16)24(21,22)14-12(3)17-23-13(14)4/h11H,5-10H2,1-4H3/t16-/m0/s1. The van der Waals surface area contributed by atoms with Gasteiger partial charge >= 0.3 is 0 Å². The number of carbonyl (C=O) groups is 1. The fourth-order valence-corrected chi connectivity index (χ4v) is 5.80. The lowest BCUT2D eigenvalue weighted by Gasteiger charge is -2.41. The van der Waals surface area contributed by atoms with Crippen LogP contribution < -0.4 is 0 Å². The van der Waals surface area contributed by atoms with Crippen molar-refractivity contribution in [2.24, 2.45) is 5.41 Å². The highest BCUT2D eigenvalue weighted by Gasteiger charge is 2.51. The Balaban J connectivity index is 1.89. The lowest BCUT2D eigenvalue weighted by atomic mass is 9.78. The van der Waals surface area contributed by atoms with Gasteiger partial charge in [-0.25, -0.2) is 8.42 Å². The third-order valence-corrected chi connectivity index (χ3v) is 7.37. The maximum atomic E-state index is 13.0. The summed E-state index contributed by atoms with van der Waals surface area (Å²) < 4.78 is 32.4. The van der Waals surface area contributed by atoms with E-state index >= 15 is 0 Å². The molecule has 1 spiro atoms. The first-order valence-electron chi connectivity index (χ1n) is 8.43. The van der Waals surface area contributed by atoms with Gasteiger partial charge < -0.3 is 9.42 Å². The quantitative estimate of drug-likeness (QED) is 0.824. The van der Waals surface area contributed by atoms with Crippen molar-refractivity contribution >= 4 is 15.9 Å². The summed E-state index contributed by atoms with van der Waals surface area (Å²) in [4.78, 5) is 15.0. The summed E-state index contributed by atoms with van der Waals surface area (Å²) in [5.41, 5.74) is -0.207. The van der Waals surface area contributed by atoms with Gasteiger partial charge in [-0.2, -0.15) is 4.31 Å². The van der Waals surface area contributed by atoms with Crippen LogP contribution in [-0.4, -0.2) is 54.4 Å². The Morgan fingerprint density at radius 3 is 2.50 bits per heavy atom. The minimum absolute atomic E-state index is 0.0974. The summed E-state index contributed by atoms with van der Waals surface area (Å²) in [6, 6.07) is 0.142. The molecular weight excluding hydrogens is 330 g/mol. The van der Waals surface area contributed by atoms with Crippen LogP contribution >= 0.6 is 0 Å². The van der Waals surface area contributed by atoms with E-state index in [1.54, 1.807) is 13.8 Å². The highest BCUT2D eigenvalue weighted by molar-refractivity contribution is 7.89. The molecule has 2 saturated heterocycles. The van der Waals surface area contributed by atoms with Crippen LogP contribution in [0.15, 0.2) is 9.42 Å². The summed E-state index contributed by atoms with van der Waals surface area (Å²) in [7, 11) is -3.69. The molecule has 0 radical (unpaired) electrons. The van der Waals surface area contributed by atoms with E-state index in [-0.39, 0.29) is 23.4 Å². The molecule has 0 bridgehead atoms. The molecule has 3 rings (SSSR count). The van der Waals surface area contributed by atoms with Gasteiger partial charge in [-0.1, -0.05) is 5.16 Å². The molecule has 0 unspecified atom stereocenters. The third-order valence-electron chi connectivity index (χ3n) is 5.28. The van der Waals surface area contributed by atoms with Crippen LogP contribution in [0.1, 0.15) is 44.6 Å². The zero-order valence-electron chi connectivity index (χ0n) is 14.7. The Kier molecular flexibility index (Phi) is 4.24. The number of sulfonamides is 1. The number of amides is 1. The van der Waals surface area contributed by atoms with E-state index in [0.717, 1.165) is 19.4 Å². The van der Waals surface area contributed by atoms with Crippen molar-refractivity contribution in [1.29, 1.82) is 0 Å². The number of hydrogen-bond donors (Lipinski definition) is 0. The van der Waals surface area contributed by atoms with Gasteiger partial charge in [0.15, 0.2) is 5.76 Å². The summed E-state index contributed by atoms with van der Waals surface area (Å²) in [6.07, 6.45) is 2.25. The third kappa shape index (κ3) is 2.56. The molecule has 2 aliphatic heterocycles. The van der Waals surface area contributed by atoms with E-state index in [1.165, 1.54) is 4.31 Å². The summed E-state index contributed by atoms with van der Waals surface area (Å²) in [5.74, 6) is 0.396. The van der Waals surface area contributed by atoms with Gasteiger partial charge in [0, 0.05) is 25.7 Å². The highest BCUT2D eigenvalue weighted by Crippen LogP contribution is 2.42. The minimum Gasteiger partial charge on any atom is -0.360 e. The SMILES string of the molecule is Cc1noc(C)c1S(=O)(=O)N1CC[C@@]2(CCCN(C(C)C)C2=O)C1. The molecule has 134 valence electrons. The first kappa shape index (κ1) is 17.4. The number of rotatable bonds is 3. The maximum absolute atomic E-state index is 13.0. The Bertz CT molecular complexity index is 736. The van der Waals surface area contributed by atoms with Crippen LogP contribution in [0.5, 0.6) is 0 Å². The van der Waals surface area contributed by atoms with Crippen LogP contribution in [0.3, 0.4) is 0 Å². The van der Waals surface area contributed by atoms with Gasteiger partial charge in [-0.15, -0.1) is 0 Å². The Labute approximate surface area is 143 Å². The molecule has 0 aromatic carbocycles. The molecule has 2 aliphatic rings. The van der Waals surface area contributed by atoms with Crippen molar-refractivity contribution in [2.75, 3.05) is 19.6 Å². The molecular formula is C16H25N3O4S. The lowest BCUT2D eigenvalue weighted by Crippen LogP contribution is -2.52. The predicted molar refractivity (Wildman–Crippen MR) is 87.9 cm³/mol. The molecule has 8 heteroatoms. The van der Waals surface area contributed by atoms with Crippen LogP contribution in [0.4, 0.5) is 0 Å². The van der Waals surface area contributed by atoms with Crippen molar-refractivity contribution < 1.29 is 17.7 Å². The van der Waals surface area contributed by atoms with Gasteiger partial charge in [-0.3, -0.25) is 4.79 Å². The molecule has 0 saturated carbocycles. The molecule has 1 atom stereocenters. The zero-order chi connectivity index (χ0) is 17.7. The number of carbonyl (C=O) groups excluding carboxylic acids is 1. The van der Waals surface area contributed by atoms with Crippen molar-refractivity contribution in [1.82, 2.24) is 14.4 Å². The Hall–Kier alpha value is -1.41.